The molecule has 1 fully saturated rings. The van der Waals surface area contributed by atoms with Gasteiger partial charge in [0.25, 0.3) is 0 Å². The Morgan fingerprint density at radius 3 is 2.83 bits per heavy atom. The van der Waals surface area contributed by atoms with Crippen LogP contribution < -0.4 is 0 Å². The molecule has 1 aliphatic heterocycles. The van der Waals surface area contributed by atoms with Crippen molar-refractivity contribution in [2.75, 3.05) is 13.1 Å². The van der Waals surface area contributed by atoms with E-state index in [-0.39, 0.29) is 5.92 Å². The van der Waals surface area contributed by atoms with Gasteiger partial charge in [0.15, 0.2) is 11.5 Å². The Balaban J connectivity index is 1.51. The molecule has 0 N–H and O–H groups in total. The van der Waals surface area contributed by atoms with E-state index in [2.05, 4.69) is 9.97 Å². The van der Waals surface area contributed by atoms with Crippen LogP contribution in [0.25, 0.3) is 22.0 Å². The fourth-order valence-corrected chi connectivity index (χ4v) is 5.79. The zero-order valence-electron chi connectivity index (χ0n) is 16.1. The third-order valence-corrected chi connectivity index (χ3v) is 7.52. The van der Waals surface area contributed by atoms with E-state index >= 15 is 0 Å². The van der Waals surface area contributed by atoms with Gasteiger partial charge >= 0.3 is 0 Å². The number of aryl methyl sites for hydroxylation is 1. The molecule has 1 saturated heterocycles. The summed E-state index contributed by atoms with van der Waals surface area (Å²) in [6, 6.07) is 14.7. The molecule has 0 aliphatic carbocycles. The van der Waals surface area contributed by atoms with Crippen molar-refractivity contribution in [3.8, 4) is 0 Å². The van der Waals surface area contributed by atoms with Gasteiger partial charge in [0.1, 0.15) is 5.52 Å². The van der Waals surface area contributed by atoms with E-state index in [1.807, 2.05) is 43.3 Å². The lowest BCUT2D eigenvalue weighted by molar-refractivity contribution is 0.288. The highest BCUT2D eigenvalue weighted by Gasteiger charge is 2.34. The SMILES string of the molecule is Cc1ccc(S(=O)(=O)N2CCCC(c3nc4ccccc4o3)C2)c2cccnc12. The van der Waals surface area contributed by atoms with Gasteiger partial charge in [-0.1, -0.05) is 18.2 Å². The van der Waals surface area contributed by atoms with Crippen LogP contribution in [0.5, 0.6) is 0 Å². The molecule has 3 heterocycles. The molecule has 0 saturated carbocycles. The summed E-state index contributed by atoms with van der Waals surface area (Å²) < 4.78 is 34.5. The molecule has 2 aromatic carbocycles. The number of para-hydroxylation sites is 2. The van der Waals surface area contributed by atoms with Crippen molar-refractivity contribution in [3.63, 3.8) is 0 Å². The number of rotatable bonds is 3. The number of aromatic nitrogens is 2. The first-order valence-electron chi connectivity index (χ1n) is 9.74. The molecule has 29 heavy (non-hydrogen) atoms. The average Bonchev–Trinajstić information content (AvgIpc) is 3.18. The second kappa shape index (κ2) is 6.93. The lowest BCUT2D eigenvalue weighted by atomic mass is 10.00. The van der Waals surface area contributed by atoms with Gasteiger partial charge in [-0.2, -0.15) is 4.31 Å². The monoisotopic (exact) mass is 407 g/mol. The maximum absolute atomic E-state index is 13.5. The van der Waals surface area contributed by atoms with E-state index in [4.69, 9.17) is 4.42 Å². The van der Waals surface area contributed by atoms with Crippen LogP contribution in [0.4, 0.5) is 0 Å². The van der Waals surface area contributed by atoms with Gasteiger partial charge in [-0.3, -0.25) is 4.98 Å². The number of piperidine rings is 1. The Kier molecular flexibility index (Phi) is 4.37. The number of sulfonamides is 1. The molecule has 4 aromatic rings. The minimum atomic E-state index is -3.65. The number of pyridine rings is 1. The summed E-state index contributed by atoms with van der Waals surface area (Å²) in [5.41, 5.74) is 3.22. The maximum Gasteiger partial charge on any atom is 0.243 e. The van der Waals surface area contributed by atoms with E-state index < -0.39 is 10.0 Å². The normalized spacial score (nSPS) is 18.4. The summed E-state index contributed by atoms with van der Waals surface area (Å²) in [4.78, 5) is 9.28. The van der Waals surface area contributed by atoms with Crippen molar-refractivity contribution in [2.24, 2.45) is 0 Å². The minimum absolute atomic E-state index is 0.0548. The highest BCUT2D eigenvalue weighted by Crippen LogP contribution is 2.33. The van der Waals surface area contributed by atoms with Gasteiger partial charge in [0.05, 0.1) is 10.4 Å². The molecular formula is C22H21N3O3S. The molecule has 148 valence electrons. The molecule has 5 rings (SSSR count). The Morgan fingerprint density at radius 2 is 1.97 bits per heavy atom. The molecule has 2 aromatic heterocycles. The fraction of sp³-hybridized carbons (Fsp3) is 0.273. The van der Waals surface area contributed by atoms with Crippen LogP contribution in [0.15, 0.2) is 64.0 Å². The van der Waals surface area contributed by atoms with E-state index in [0.29, 0.717) is 29.3 Å². The third-order valence-electron chi connectivity index (χ3n) is 5.59. The van der Waals surface area contributed by atoms with Crippen LogP contribution >= 0.6 is 0 Å². The molecule has 0 amide bonds. The van der Waals surface area contributed by atoms with Crippen molar-refractivity contribution < 1.29 is 12.8 Å². The van der Waals surface area contributed by atoms with Gasteiger partial charge in [0.2, 0.25) is 10.0 Å². The fourth-order valence-electron chi connectivity index (χ4n) is 4.08. The quantitative estimate of drug-likeness (QED) is 0.507. The van der Waals surface area contributed by atoms with E-state index in [9.17, 15) is 8.42 Å². The summed E-state index contributed by atoms with van der Waals surface area (Å²) in [7, 11) is -3.65. The summed E-state index contributed by atoms with van der Waals surface area (Å²) >= 11 is 0. The first-order chi connectivity index (χ1) is 14.0. The van der Waals surface area contributed by atoms with Crippen LogP contribution in [0.2, 0.25) is 0 Å². The molecule has 0 radical (unpaired) electrons. The first-order valence-corrected chi connectivity index (χ1v) is 11.2. The molecule has 7 heteroatoms. The van der Waals surface area contributed by atoms with E-state index in [1.54, 1.807) is 22.6 Å². The Morgan fingerprint density at radius 1 is 1.10 bits per heavy atom. The Bertz CT molecular complexity index is 1280. The predicted octanol–water partition coefficient (Wildman–Crippen LogP) is 4.25. The van der Waals surface area contributed by atoms with Crippen molar-refractivity contribution in [1.82, 2.24) is 14.3 Å². The lowest BCUT2D eigenvalue weighted by Gasteiger charge is -2.30. The van der Waals surface area contributed by atoms with Crippen LogP contribution in [-0.2, 0) is 10.0 Å². The smallest absolute Gasteiger partial charge is 0.243 e. The minimum Gasteiger partial charge on any atom is -0.440 e. The summed E-state index contributed by atoms with van der Waals surface area (Å²) in [6.45, 7) is 2.80. The van der Waals surface area contributed by atoms with Gasteiger partial charge in [-0.25, -0.2) is 13.4 Å². The highest BCUT2D eigenvalue weighted by atomic mass is 32.2. The number of benzene rings is 2. The largest absolute Gasteiger partial charge is 0.440 e. The number of nitrogens with zero attached hydrogens (tertiary/aromatic N) is 3. The number of hydrogen-bond donors (Lipinski definition) is 0. The summed E-state index contributed by atoms with van der Waals surface area (Å²) in [6.07, 6.45) is 3.32. The summed E-state index contributed by atoms with van der Waals surface area (Å²) in [5.74, 6) is 0.558. The molecule has 1 atom stereocenters. The van der Waals surface area contributed by atoms with Crippen LogP contribution in [0.3, 0.4) is 0 Å². The highest BCUT2D eigenvalue weighted by molar-refractivity contribution is 7.89. The van der Waals surface area contributed by atoms with Gasteiger partial charge < -0.3 is 4.42 Å². The zero-order chi connectivity index (χ0) is 20.0. The molecular weight excluding hydrogens is 386 g/mol. The molecule has 6 nitrogen and oxygen atoms in total. The average molecular weight is 407 g/mol. The molecule has 1 aliphatic rings. The van der Waals surface area contributed by atoms with Gasteiger partial charge in [-0.15, -0.1) is 0 Å². The molecule has 1 unspecified atom stereocenters. The number of oxazole rings is 1. The lowest BCUT2D eigenvalue weighted by Crippen LogP contribution is -2.39. The predicted molar refractivity (Wildman–Crippen MR) is 111 cm³/mol. The van der Waals surface area contributed by atoms with E-state index in [1.165, 1.54) is 0 Å². The zero-order valence-corrected chi connectivity index (χ0v) is 16.9. The molecule has 0 spiro atoms. The van der Waals surface area contributed by atoms with Crippen LogP contribution in [0.1, 0.15) is 30.2 Å². The van der Waals surface area contributed by atoms with Gasteiger partial charge in [0, 0.05) is 30.6 Å². The Labute approximate surface area is 169 Å². The second-order valence-electron chi connectivity index (χ2n) is 7.50. The topological polar surface area (TPSA) is 76.3 Å². The summed E-state index contributed by atoms with van der Waals surface area (Å²) in [5, 5.41) is 0.663. The maximum atomic E-state index is 13.5. The van der Waals surface area contributed by atoms with Crippen molar-refractivity contribution in [3.05, 3.63) is 66.2 Å². The van der Waals surface area contributed by atoms with Crippen LogP contribution in [-0.4, -0.2) is 35.8 Å². The van der Waals surface area contributed by atoms with Crippen molar-refractivity contribution in [2.45, 2.75) is 30.6 Å². The first kappa shape index (κ1) is 18.3. The number of hydrogen-bond acceptors (Lipinski definition) is 5. The van der Waals surface area contributed by atoms with Gasteiger partial charge in [-0.05, 0) is 55.7 Å². The third kappa shape index (κ3) is 3.10. The standard InChI is InChI=1S/C22H21N3O3S/c1-15-10-11-20(17-7-4-12-23-21(15)17)29(26,27)25-13-5-6-16(14-25)22-24-18-8-2-3-9-19(18)28-22/h2-4,7-12,16H,5-6,13-14H2,1H3. The molecule has 0 bridgehead atoms. The van der Waals surface area contributed by atoms with E-state index in [0.717, 1.165) is 35.0 Å². The van der Waals surface area contributed by atoms with Crippen molar-refractivity contribution in [1.29, 1.82) is 0 Å². The number of fused-ring (bicyclic) bond motifs is 2. The van der Waals surface area contributed by atoms with Crippen LogP contribution in [0, 0.1) is 6.92 Å². The van der Waals surface area contributed by atoms with Crippen molar-refractivity contribution >= 4 is 32.0 Å². The second-order valence-corrected chi connectivity index (χ2v) is 9.41. The Hall–Kier alpha value is -2.77.